The largest absolute Gasteiger partial charge is 0.484 e. The maximum Gasteiger partial charge on any atom is 0.260 e. The lowest BCUT2D eigenvalue weighted by Crippen LogP contribution is -2.43. The first-order valence-corrected chi connectivity index (χ1v) is 10.7. The zero-order valence-electron chi connectivity index (χ0n) is 16.1. The maximum absolute atomic E-state index is 12.5. The first-order valence-electron chi connectivity index (χ1n) is 9.25. The van der Waals surface area contributed by atoms with Crippen molar-refractivity contribution in [2.75, 3.05) is 26.2 Å². The Labute approximate surface area is 164 Å². The van der Waals surface area contributed by atoms with Gasteiger partial charge in [-0.05, 0) is 44.7 Å². The minimum absolute atomic E-state index is 0.00729. The number of aromatic nitrogens is 1. The summed E-state index contributed by atoms with van der Waals surface area (Å²) in [7, 11) is -3.65. The normalized spacial score (nSPS) is 15.6. The van der Waals surface area contributed by atoms with Crippen molar-refractivity contribution in [2.24, 2.45) is 5.92 Å². The first kappa shape index (κ1) is 20.3. The lowest BCUT2D eigenvalue weighted by Gasteiger charge is -2.32. The van der Waals surface area contributed by atoms with Crippen molar-refractivity contribution in [1.29, 1.82) is 0 Å². The van der Waals surface area contributed by atoms with Crippen molar-refractivity contribution in [3.63, 3.8) is 0 Å². The molecule has 1 saturated heterocycles. The van der Waals surface area contributed by atoms with Gasteiger partial charge in [0.15, 0.2) is 12.4 Å². The lowest BCUT2D eigenvalue weighted by molar-refractivity contribution is -0.134. The minimum atomic E-state index is -3.65. The number of amides is 1. The number of nitrogens with one attached hydrogen (secondary N) is 1. The molecule has 1 amide bonds. The second-order valence-corrected chi connectivity index (χ2v) is 8.63. The number of rotatable bonds is 7. The van der Waals surface area contributed by atoms with Gasteiger partial charge in [-0.3, -0.25) is 4.79 Å². The second-order valence-electron chi connectivity index (χ2n) is 6.93. The van der Waals surface area contributed by atoms with Crippen molar-refractivity contribution >= 4 is 15.9 Å². The highest BCUT2D eigenvalue weighted by atomic mass is 32.2. The van der Waals surface area contributed by atoms with Crippen LogP contribution >= 0.6 is 0 Å². The predicted octanol–water partition coefficient (Wildman–Crippen LogP) is 1.89. The van der Waals surface area contributed by atoms with E-state index >= 15 is 0 Å². The van der Waals surface area contributed by atoms with E-state index in [0.717, 1.165) is 12.8 Å². The van der Waals surface area contributed by atoms with E-state index in [1.807, 2.05) is 30.3 Å². The quantitative estimate of drug-likeness (QED) is 0.752. The van der Waals surface area contributed by atoms with Gasteiger partial charge in [0.2, 0.25) is 10.0 Å². The molecule has 28 heavy (non-hydrogen) atoms. The summed E-state index contributed by atoms with van der Waals surface area (Å²) in [6, 6.07) is 9.22. The molecule has 3 rings (SSSR count). The Balaban J connectivity index is 1.44. The molecule has 1 aliphatic heterocycles. The fraction of sp³-hybridized carbons (Fsp3) is 0.474. The lowest BCUT2D eigenvalue weighted by atomic mass is 9.97. The van der Waals surface area contributed by atoms with Crippen LogP contribution in [-0.2, 0) is 14.8 Å². The van der Waals surface area contributed by atoms with Crippen molar-refractivity contribution in [3.05, 3.63) is 41.8 Å². The second kappa shape index (κ2) is 8.74. The number of para-hydroxylation sites is 1. The van der Waals surface area contributed by atoms with Gasteiger partial charge in [-0.15, -0.1) is 0 Å². The molecule has 1 fully saturated rings. The zero-order valence-corrected chi connectivity index (χ0v) is 16.9. The number of ether oxygens (including phenoxy) is 1. The number of carbonyl (C=O) groups is 1. The molecule has 1 aromatic carbocycles. The monoisotopic (exact) mass is 407 g/mol. The molecule has 152 valence electrons. The molecule has 0 aliphatic carbocycles. The number of likely N-dealkylation sites (tertiary alicyclic amines) is 1. The highest BCUT2D eigenvalue weighted by Gasteiger charge is 2.27. The molecule has 9 heteroatoms. The molecule has 1 aromatic heterocycles. The average Bonchev–Trinajstić information content (AvgIpc) is 3.05. The summed E-state index contributed by atoms with van der Waals surface area (Å²) in [5.74, 6) is 1.07. The Hall–Kier alpha value is -2.39. The fourth-order valence-corrected chi connectivity index (χ4v) is 4.74. The molecule has 0 radical (unpaired) electrons. The van der Waals surface area contributed by atoms with Gasteiger partial charge in [0, 0.05) is 19.6 Å². The van der Waals surface area contributed by atoms with Gasteiger partial charge in [-0.1, -0.05) is 23.4 Å². The van der Waals surface area contributed by atoms with Gasteiger partial charge in [0.25, 0.3) is 5.91 Å². The van der Waals surface area contributed by atoms with Crippen LogP contribution in [0.1, 0.15) is 24.3 Å². The number of piperidine rings is 1. The standard InChI is InChI=1S/C19H25N3O5S/c1-14-19(15(2)27-21-14)28(24,25)20-12-16-8-10-22(11-9-16)18(23)13-26-17-6-4-3-5-7-17/h3-7,16,20H,8-13H2,1-2H3. The van der Waals surface area contributed by atoms with Crippen molar-refractivity contribution in [2.45, 2.75) is 31.6 Å². The van der Waals surface area contributed by atoms with Crippen LogP contribution in [0.25, 0.3) is 0 Å². The number of hydrogen-bond acceptors (Lipinski definition) is 6. The summed E-state index contributed by atoms with van der Waals surface area (Å²) >= 11 is 0. The Morgan fingerprint density at radius 2 is 1.93 bits per heavy atom. The number of benzene rings is 1. The highest BCUT2D eigenvalue weighted by Crippen LogP contribution is 2.21. The molecule has 0 spiro atoms. The zero-order chi connectivity index (χ0) is 20.1. The Bertz CT molecular complexity index is 883. The van der Waals surface area contributed by atoms with Gasteiger partial charge < -0.3 is 14.2 Å². The number of sulfonamides is 1. The minimum Gasteiger partial charge on any atom is -0.484 e. The van der Waals surface area contributed by atoms with E-state index in [0.29, 0.717) is 31.1 Å². The average molecular weight is 407 g/mol. The smallest absolute Gasteiger partial charge is 0.260 e. The summed E-state index contributed by atoms with van der Waals surface area (Å²) in [6.07, 6.45) is 1.47. The van der Waals surface area contributed by atoms with Crippen molar-refractivity contribution in [1.82, 2.24) is 14.8 Å². The molecule has 1 aliphatic rings. The molecule has 2 heterocycles. The van der Waals surface area contributed by atoms with E-state index in [1.54, 1.807) is 18.7 Å². The molecule has 0 saturated carbocycles. The van der Waals surface area contributed by atoms with Crippen LogP contribution in [-0.4, -0.2) is 50.6 Å². The third-order valence-electron chi connectivity index (χ3n) is 4.87. The molecule has 0 unspecified atom stereocenters. The number of hydrogen-bond donors (Lipinski definition) is 1. The summed E-state index contributed by atoms with van der Waals surface area (Å²) in [5, 5.41) is 3.70. The SMILES string of the molecule is Cc1noc(C)c1S(=O)(=O)NCC1CCN(C(=O)COc2ccccc2)CC1. The van der Waals surface area contributed by atoms with Gasteiger partial charge in [0.05, 0.1) is 0 Å². The van der Waals surface area contributed by atoms with Crippen LogP contribution in [0.4, 0.5) is 0 Å². The van der Waals surface area contributed by atoms with E-state index in [9.17, 15) is 13.2 Å². The Kier molecular flexibility index (Phi) is 6.35. The van der Waals surface area contributed by atoms with Gasteiger partial charge in [-0.25, -0.2) is 13.1 Å². The summed E-state index contributed by atoms with van der Waals surface area (Å²) in [6.45, 7) is 4.70. The topological polar surface area (TPSA) is 102 Å². The van der Waals surface area contributed by atoms with Crippen LogP contribution < -0.4 is 9.46 Å². The van der Waals surface area contributed by atoms with Crippen molar-refractivity contribution < 1.29 is 22.5 Å². The first-order chi connectivity index (χ1) is 13.4. The van der Waals surface area contributed by atoms with Crippen LogP contribution in [0.5, 0.6) is 5.75 Å². The van der Waals surface area contributed by atoms with E-state index in [4.69, 9.17) is 9.26 Å². The number of aryl methyl sites for hydroxylation is 2. The van der Waals surface area contributed by atoms with Crippen LogP contribution in [0.2, 0.25) is 0 Å². The fourth-order valence-electron chi connectivity index (χ4n) is 3.30. The van der Waals surface area contributed by atoms with Crippen LogP contribution in [0.3, 0.4) is 0 Å². The molecular formula is C19H25N3O5S. The third kappa shape index (κ3) is 4.90. The van der Waals surface area contributed by atoms with Crippen molar-refractivity contribution in [3.8, 4) is 5.75 Å². The van der Waals surface area contributed by atoms with E-state index in [1.165, 1.54) is 0 Å². The summed E-state index contributed by atoms with van der Waals surface area (Å²) in [4.78, 5) is 14.2. The van der Waals surface area contributed by atoms with Crippen LogP contribution in [0, 0.1) is 19.8 Å². The molecular weight excluding hydrogens is 382 g/mol. The summed E-state index contributed by atoms with van der Waals surface area (Å²) in [5.41, 5.74) is 0.351. The van der Waals surface area contributed by atoms with E-state index in [2.05, 4.69) is 9.88 Å². The summed E-state index contributed by atoms with van der Waals surface area (Å²) < 4.78 is 38.1. The molecule has 2 aromatic rings. The Morgan fingerprint density at radius 3 is 2.54 bits per heavy atom. The molecule has 0 atom stereocenters. The molecule has 1 N–H and O–H groups in total. The van der Waals surface area contributed by atoms with Gasteiger partial charge in [-0.2, -0.15) is 0 Å². The van der Waals surface area contributed by atoms with Gasteiger partial charge in [0.1, 0.15) is 16.3 Å². The van der Waals surface area contributed by atoms with E-state index in [-0.39, 0.29) is 29.1 Å². The van der Waals surface area contributed by atoms with Crippen LogP contribution in [0.15, 0.2) is 39.8 Å². The number of nitrogens with zero attached hydrogens (tertiary/aromatic N) is 2. The Morgan fingerprint density at radius 1 is 1.25 bits per heavy atom. The highest BCUT2D eigenvalue weighted by molar-refractivity contribution is 7.89. The predicted molar refractivity (Wildman–Crippen MR) is 102 cm³/mol. The molecule has 8 nitrogen and oxygen atoms in total. The number of carbonyl (C=O) groups excluding carboxylic acids is 1. The van der Waals surface area contributed by atoms with E-state index < -0.39 is 10.0 Å². The molecule has 0 bridgehead atoms. The maximum atomic E-state index is 12.5. The van der Waals surface area contributed by atoms with Gasteiger partial charge >= 0.3 is 0 Å². The third-order valence-corrected chi connectivity index (χ3v) is 6.54.